The van der Waals surface area contributed by atoms with E-state index < -0.39 is 5.97 Å². The maximum Gasteiger partial charge on any atom is 0.305 e. The lowest BCUT2D eigenvalue weighted by molar-refractivity contribution is -0.137. The number of carboxylic acid groups (broad SMARTS) is 1. The molecule has 5 heteroatoms. The second kappa shape index (κ2) is 4.15. The average Bonchev–Trinajstić information content (AvgIpc) is 2.74. The van der Waals surface area contributed by atoms with Gasteiger partial charge in [-0.15, -0.1) is 0 Å². The third-order valence-electron chi connectivity index (χ3n) is 3.05. The highest BCUT2D eigenvalue weighted by Crippen LogP contribution is 2.27. The first-order chi connectivity index (χ1) is 7.58. The number of anilines is 1. The standard InChI is InChI=1S/C11H16N2O3/c1-7-8(2)16-11(12-7)13-5-3-4-9(13)6-10(14)15/h9H,3-6H2,1-2H3,(H,14,15). The van der Waals surface area contributed by atoms with Crippen LogP contribution >= 0.6 is 0 Å². The Bertz CT molecular complexity index is 380. The zero-order valence-corrected chi connectivity index (χ0v) is 9.56. The van der Waals surface area contributed by atoms with Crippen LogP contribution in [0.5, 0.6) is 0 Å². The topological polar surface area (TPSA) is 66.6 Å². The normalized spacial score (nSPS) is 20.4. The number of nitrogens with zero attached hydrogens (tertiary/aromatic N) is 2. The zero-order chi connectivity index (χ0) is 11.7. The molecule has 2 heterocycles. The molecule has 0 bridgehead atoms. The Morgan fingerprint density at radius 1 is 1.62 bits per heavy atom. The minimum absolute atomic E-state index is 0.0231. The molecule has 2 rings (SSSR count). The van der Waals surface area contributed by atoms with Gasteiger partial charge in [0.1, 0.15) is 5.76 Å². The van der Waals surface area contributed by atoms with Gasteiger partial charge >= 0.3 is 5.97 Å². The lowest BCUT2D eigenvalue weighted by atomic mass is 10.1. The third-order valence-corrected chi connectivity index (χ3v) is 3.05. The van der Waals surface area contributed by atoms with Gasteiger partial charge in [-0.3, -0.25) is 4.79 Å². The molecule has 1 fully saturated rings. The summed E-state index contributed by atoms with van der Waals surface area (Å²) < 4.78 is 5.53. The minimum Gasteiger partial charge on any atom is -0.481 e. The minimum atomic E-state index is -0.767. The fraction of sp³-hybridized carbons (Fsp3) is 0.636. The first kappa shape index (κ1) is 11.0. The summed E-state index contributed by atoms with van der Waals surface area (Å²) in [7, 11) is 0. The van der Waals surface area contributed by atoms with E-state index in [-0.39, 0.29) is 12.5 Å². The first-order valence-corrected chi connectivity index (χ1v) is 5.50. The average molecular weight is 224 g/mol. The molecule has 1 aliphatic heterocycles. The number of carboxylic acids is 1. The predicted molar refractivity (Wildman–Crippen MR) is 58.6 cm³/mol. The number of rotatable bonds is 3. The summed E-state index contributed by atoms with van der Waals surface area (Å²) in [6.07, 6.45) is 2.05. The Hall–Kier alpha value is -1.52. The molecule has 5 nitrogen and oxygen atoms in total. The molecule has 1 aliphatic rings. The molecule has 0 aliphatic carbocycles. The number of aliphatic carboxylic acids is 1. The van der Waals surface area contributed by atoms with Crippen LogP contribution in [0.1, 0.15) is 30.7 Å². The molecule has 1 atom stereocenters. The molecule has 0 amide bonds. The van der Waals surface area contributed by atoms with Gasteiger partial charge in [-0.2, -0.15) is 4.98 Å². The van der Waals surface area contributed by atoms with E-state index in [0.29, 0.717) is 6.01 Å². The van der Waals surface area contributed by atoms with Crippen LogP contribution in [0.3, 0.4) is 0 Å². The van der Waals surface area contributed by atoms with Crippen molar-refractivity contribution in [2.75, 3.05) is 11.4 Å². The monoisotopic (exact) mass is 224 g/mol. The second-order valence-corrected chi connectivity index (χ2v) is 4.23. The number of hydrogen-bond donors (Lipinski definition) is 1. The largest absolute Gasteiger partial charge is 0.481 e. The molecular weight excluding hydrogens is 208 g/mol. The smallest absolute Gasteiger partial charge is 0.305 e. The highest BCUT2D eigenvalue weighted by molar-refractivity contribution is 5.68. The van der Waals surface area contributed by atoms with E-state index in [4.69, 9.17) is 9.52 Å². The van der Waals surface area contributed by atoms with Crippen molar-refractivity contribution in [3.8, 4) is 0 Å². The van der Waals surface area contributed by atoms with Crippen LogP contribution < -0.4 is 4.90 Å². The molecule has 0 saturated carbocycles. The lowest BCUT2D eigenvalue weighted by Crippen LogP contribution is -2.31. The zero-order valence-electron chi connectivity index (χ0n) is 9.56. The van der Waals surface area contributed by atoms with Crippen molar-refractivity contribution in [2.45, 2.75) is 39.2 Å². The summed E-state index contributed by atoms with van der Waals surface area (Å²) in [5.74, 6) is 0.0351. The Balaban J connectivity index is 2.16. The van der Waals surface area contributed by atoms with Crippen molar-refractivity contribution in [3.63, 3.8) is 0 Å². The fourth-order valence-electron chi connectivity index (χ4n) is 2.08. The number of aryl methyl sites for hydroxylation is 2. The van der Waals surface area contributed by atoms with Crippen molar-refractivity contribution < 1.29 is 14.3 Å². The Morgan fingerprint density at radius 2 is 2.38 bits per heavy atom. The molecule has 1 N–H and O–H groups in total. The summed E-state index contributed by atoms with van der Waals surface area (Å²) in [6.45, 7) is 4.59. The molecule has 0 aromatic carbocycles. The molecule has 0 spiro atoms. The fourth-order valence-corrected chi connectivity index (χ4v) is 2.08. The van der Waals surface area contributed by atoms with Crippen molar-refractivity contribution in [1.29, 1.82) is 0 Å². The second-order valence-electron chi connectivity index (χ2n) is 4.23. The van der Waals surface area contributed by atoms with Crippen LogP contribution in [-0.4, -0.2) is 28.6 Å². The summed E-state index contributed by atoms with van der Waals surface area (Å²) in [5, 5.41) is 8.82. The molecule has 88 valence electrons. The van der Waals surface area contributed by atoms with Gasteiger partial charge in [0, 0.05) is 12.6 Å². The molecule has 1 unspecified atom stereocenters. The summed E-state index contributed by atoms with van der Waals surface area (Å²) in [4.78, 5) is 17.0. The van der Waals surface area contributed by atoms with E-state index in [1.54, 1.807) is 0 Å². The highest BCUT2D eigenvalue weighted by atomic mass is 16.4. The Kier molecular flexibility index (Phi) is 2.85. The van der Waals surface area contributed by atoms with E-state index in [9.17, 15) is 4.79 Å². The number of carbonyl (C=O) groups is 1. The van der Waals surface area contributed by atoms with Crippen molar-refractivity contribution in [2.24, 2.45) is 0 Å². The molecule has 0 radical (unpaired) electrons. The summed E-state index contributed by atoms with van der Waals surface area (Å²) >= 11 is 0. The quantitative estimate of drug-likeness (QED) is 0.847. The van der Waals surface area contributed by atoms with Crippen LogP contribution in [0, 0.1) is 13.8 Å². The van der Waals surface area contributed by atoms with Gasteiger partial charge in [0.05, 0.1) is 12.1 Å². The summed E-state index contributed by atoms with van der Waals surface area (Å²) in [6, 6.07) is 0.591. The van der Waals surface area contributed by atoms with Gasteiger partial charge in [0.15, 0.2) is 0 Å². The molecular formula is C11H16N2O3. The van der Waals surface area contributed by atoms with Gasteiger partial charge in [-0.1, -0.05) is 0 Å². The van der Waals surface area contributed by atoms with E-state index in [0.717, 1.165) is 30.8 Å². The molecule has 1 aromatic rings. The van der Waals surface area contributed by atoms with Crippen molar-refractivity contribution in [3.05, 3.63) is 11.5 Å². The van der Waals surface area contributed by atoms with E-state index >= 15 is 0 Å². The number of hydrogen-bond acceptors (Lipinski definition) is 4. The van der Waals surface area contributed by atoms with Crippen LogP contribution in [0.15, 0.2) is 4.42 Å². The van der Waals surface area contributed by atoms with E-state index in [2.05, 4.69) is 4.98 Å². The van der Waals surface area contributed by atoms with Crippen molar-refractivity contribution in [1.82, 2.24) is 4.98 Å². The first-order valence-electron chi connectivity index (χ1n) is 5.50. The predicted octanol–water partition coefficient (Wildman–Crippen LogP) is 1.73. The SMILES string of the molecule is Cc1nc(N2CCCC2CC(=O)O)oc1C. The van der Waals surface area contributed by atoms with Crippen LogP contribution in [0.4, 0.5) is 6.01 Å². The van der Waals surface area contributed by atoms with Gasteiger partial charge < -0.3 is 14.4 Å². The number of aromatic nitrogens is 1. The van der Waals surface area contributed by atoms with Gasteiger partial charge in [-0.25, -0.2) is 0 Å². The maximum atomic E-state index is 10.7. The van der Waals surface area contributed by atoms with Gasteiger partial charge in [-0.05, 0) is 26.7 Å². The number of oxazole rings is 1. The molecule has 16 heavy (non-hydrogen) atoms. The molecule has 1 saturated heterocycles. The van der Waals surface area contributed by atoms with Crippen LogP contribution in [-0.2, 0) is 4.79 Å². The lowest BCUT2D eigenvalue weighted by Gasteiger charge is -2.20. The van der Waals surface area contributed by atoms with Crippen LogP contribution in [0.2, 0.25) is 0 Å². The summed E-state index contributed by atoms with van der Waals surface area (Å²) in [5.41, 5.74) is 0.871. The molecule has 1 aromatic heterocycles. The van der Waals surface area contributed by atoms with E-state index in [1.165, 1.54) is 0 Å². The maximum absolute atomic E-state index is 10.7. The van der Waals surface area contributed by atoms with Gasteiger partial charge in [0.25, 0.3) is 6.01 Å². The van der Waals surface area contributed by atoms with Crippen LogP contribution in [0.25, 0.3) is 0 Å². The van der Waals surface area contributed by atoms with Gasteiger partial charge in [0.2, 0.25) is 0 Å². The Morgan fingerprint density at radius 3 is 2.94 bits per heavy atom. The Labute approximate surface area is 94.1 Å². The van der Waals surface area contributed by atoms with Crippen molar-refractivity contribution >= 4 is 12.0 Å². The highest BCUT2D eigenvalue weighted by Gasteiger charge is 2.30. The third kappa shape index (κ3) is 2.03. The van der Waals surface area contributed by atoms with E-state index in [1.807, 2.05) is 18.7 Å².